The molecular weight excluding hydrogens is 306 g/mol. The molecule has 0 aliphatic heterocycles. The van der Waals surface area contributed by atoms with E-state index >= 15 is 0 Å². The van der Waals surface area contributed by atoms with Gasteiger partial charge >= 0.3 is 0 Å². The molecule has 1 N–H and O–H groups in total. The number of anilines is 1. The van der Waals surface area contributed by atoms with Gasteiger partial charge in [0.1, 0.15) is 16.5 Å². The molecule has 2 aromatic rings. The molecule has 0 bridgehead atoms. The average Bonchev–Trinajstić information content (AvgIpc) is 2.85. The van der Waals surface area contributed by atoms with Crippen LogP contribution in [0.5, 0.6) is 0 Å². The van der Waals surface area contributed by atoms with Gasteiger partial charge in [0.05, 0.1) is 17.4 Å². The number of carbonyl (C=O) groups excluding carboxylic acids is 1. The summed E-state index contributed by atoms with van der Waals surface area (Å²) in [6.07, 6.45) is 3.38. The van der Waals surface area contributed by atoms with Crippen molar-refractivity contribution in [3.05, 3.63) is 16.8 Å². The van der Waals surface area contributed by atoms with E-state index in [2.05, 4.69) is 22.2 Å². The lowest BCUT2D eigenvalue weighted by atomic mass is 10.2. The van der Waals surface area contributed by atoms with Gasteiger partial charge in [-0.2, -0.15) is 11.8 Å². The van der Waals surface area contributed by atoms with Crippen LogP contribution in [0.15, 0.2) is 6.07 Å². The van der Waals surface area contributed by atoms with Crippen LogP contribution in [0, 0.1) is 6.92 Å². The first-order valence-corrected chi connectivity index (χ1v) is 8.99. The molecule has 0 saturated heterocycles. The highest BCUT2D eigenvalue weighted by molar-refractivity contribution is 7.98. The minimum absolute atomic E-state index is 0.499. The Kier molecular flexibility index (Phi) is 5.41. The summed E-state index contributed by atoms with van der Waals surface area (Å²) < 4.78 is 0. The van der Waals surface area contributed by atoms with Gasteiger partial charge in [-0.05, 0) is 37.8 Å². The van der Waals surface area contributed by atoms with Gasteiger partial charge in [0.15, 0.2) is 0 Å². The van der Waals surface area contributed by atoms with E-state index in [1.165, 1.54) is 4.88 Å². The molecule has 0 radical (unpaired) electrons. The standard InChI is InChI=1S/C14H19N3O2S2/c1-4-9-7-10-12(15-8(2)16-13(10)21-9)17-11(14(18)19)5-6-20-3/h7,11H,4-6H2,1-3H3,(H,18,19)(H,15,16,17)/p-1/t11-/m0/s1. The van der Waals surface area contributed by atoms with Crippen molar-refractivity contribution >= 4 is 45.1 Å². The normalized spacial score (nSPS) is 12.5. The van der Waals surface area contributed by atoms with Crippen LogP contribution in [0.25, 0.3) is 10.2 Å². The van der Waals surface area contributed by atoms with E-state index < -0.39 is 12.0 Å². The molecule has 0 amide bonds. The van der Waals surface area contributed by atoms with Crippen LogP contribution in [0.1, 0.15) is 24.0 Å². The van der Waals surface area contributed by atoms with Gasteiger partial charge in [0, 0.05) is 4.88 Å². The number of rotatable bonds is 7. The fourth-order valence-corrected chi connectivity index (χ4v) is 3.50. The minimum atomic E-state index is -1.10. The zero-order chi connectivity index (χ0) is 15.4. The molecule has 0 aromatic carbocycles. The summed E-state index contributed by atoms with van der Waals surface area (Å²) in [6, 6.07) is 1.29. The molecule has 5 nitrogen and oxygen atoms in total. The van der Waals surface area contributed by atoms with Crippen molar-refractivity contribution < 1.29 is 9.90 Å². The van der Waals surface area contributed by atoms with Gasteiger partial charge in [-0.25, -0.2) is 9.97 Å². The number of aryl methyl sites for hydroxylation is 2. The third kappa shape index (κ3) is 3.85. The van der Waals surface area contributed by atoms with Gasteiger partial charge < -0.3 is 15.2 Å². The van der Waals surface area contributed by atoms with Crippen molar-refractivity contribution in [1.82, 2.24) is 9.97 Å². The molecule has 0 spiro atoms. The van der Waals surface area contributed by atoms with Crippen molar-refractivity contribution in [2.75, 3.05) is 17.3 Å². The summed E-state index contributed by atoms with van der Waals surface area (Å²) in [7, 11) is 0. The lowest BCUT2D eigenvalue weighted by Gasteiger charge is -2.20. The SMILES string of the molecule is CCc1cc2c(N[C@@H](CCSC)C(=O)[O-])nc(C)nc2s1. The lowest BCUT2D eigenvalue weighted by molar-refractivity contribution is -0.306. The Bertz CT molecular complexity index is 642. The number of nitrogens with one attached hydrogen (secondary N) is 1. The van der Waals surface area contributed by atoms with Crippen molar-refractivity contribution in [3.63, 3.8) is 0 Å². The summed E-state index contributed by atoms with van der Waals surface area (Å²) in [5.74, 6) is 0.877. The van der Waals surface area contributed by atoms with E-state index in [9.17, 15) is 9.90 Å². The van der Waals surface area contributed by atoms with Gasteiger partial charge in [-0.1, -0.05) is 6.92 Å². The average molecular weight is 324 g/mol. The highest BCUT2D eigenvalue weighted by Crippen LogP contribution is 2.29. The largest absolute Gasteiger partial charge is 0.548 e. The topological polar surface area (TPSA) is 77.9 Å². The second-order valence-corrected chi connectivity index (χ2v) is 6.80. The number of thiophene rings is 1. The maximum atomic E-state index is 11.3. The molecule has 114 valence electrons. The molecule has 0 unspecified atom stereocenters. The van der Waals surface area contributed by atoms with Crippen LogP contribution in [0.2, 0.25) is 0 Å². The zero-order valence-electron chi connectivity index (χ0n) is 12.3. The lowest BCUT2D eigenvalue weighted by Crippen LogP contribution is -2.41. The summed E-state index contributed by atoms with van der Waals surface area (Å²) in [4.78, 5) is 22.2. The summed E-state index contributed by atoms with van der Waals surface area (Å²) in [5, 5.41) is 15.2. The Morgan fingerprint density at radius 3 is 2.90 bits per heavy atom. The summed E-state index contributed by atoms with van der Waals surface area (Å²) in [6.45, 7) is 3.90. The molecule has 7 heteroatoms. The van der Waals surface area contributed by atoms with E-state index in [1.54, 1.807) is 23.1 Å². The Hall–Kier alpha value is -1.34. The summed E-state index contributed by atoms with van der Waals surface area (Å²) in [5.41, 5.74) is 0. The van der Waals surface area contributed by atoms with E-state index in [0.29, 0.717) is 18.1 Å². The van der Waals surface area contributed by atoms with Crippen molar-refractivity contribution in [2.45, 2.75) is 32.7 Å². The second-order valence-electron chi connectivity index (χ2n) is 4.70. The Morgan fingerprint density at radius 2 is 2.29 bits per heavy atom. The molecular formula is C14H18N3O2S2-. The van der Waals surface area contributed by atoms with Crippen LogP contribution >= 0.6 is 23.1 Å². The Balaban J connectivity index is 2.35. The highest BCUT2D eigenvalue weighted by Gasteiger charge is 2.15. The van der Waals surface area contributed by atoms with E-state index in [-0.39, 0.29) is 0 Å². The molecule has 1 atom stereocenters. The van der Waals surface area contributed by atoms with Gasteiger partial charge in [-0.3, -0.25) is 0 Å². The van der Waals surface area contributed by atoms with Crippen LogP contribution in [0.3, 0.4) is 0 Å². The Labute approximate surface area is 132 Å². The number of carboxylic acids is 1. The van der Waals surface area contributed by atoms with E-state index in [1.807, 2.05) is 19.2 Å². The quantitative estimate of drug-likeness (QED) is 0.837. The number of hydrogen-bond acceptors (Lipinski definition) is 7. The number of aliphatic carboxylic acids is 1. The molecule has 0 aliphatic carbocycles. The number of carbonyl (C=O) groups is 1. The summed E-state index contributed by atoms with van der Waals surface area (Å²) >= 11 is 3.23. The maximum absolute atomic E-state index is 11.3. The van der Waals surface area contributed by atoms with Crippen molar-refractivity contribution in [3.8, 4) is 0 Å². The predicted molar refractivity (Wildman–Crippen MR) is 86.9 cm³/mol. The predicted octanol–water partition coefficient (Wildman–Crippen LogP) is 1.85. The van der Waals surface area contributed by atoms with Crippen LogP contribution < -0.4 is 10.4 Å². The molecule has 2 heterocycles. The number of aromatic nitrogens is 2. The maximum Gasteiger partial charge on any atom is 0.139 e. The molecule has 0 saturated carbocycles. The molecule has 0 fully saturated rings. The third-order valence-electron chi connectivity index (χ3n) is 3.11. The second kappa shape index (κ2) is 7.09. The number of fused-ring (bicyclic) bond motifs is 1. The Morgan fingerprint density at radius 1 is 1.52 bits per heavy atom. The van der Waals surface area contributed by atoms with Crippen LogP contribution in [-0.2, 0) is 11.2 Å². The van der Waals surface area contributed by atoms with Crippen LogP contribution in [-0.4, -0.2) is 34.0 Å². The van der Waals surface area contributed by atoms with E-state index in [0.717, 1.165) is 22.4 Å². The van der Waals surface area contributed by atoms with Gasteiger partial charge in [0.2, 0.25) is 0 Å². The third-order valence-corrected chi connectivity index (χ3v) is 4.93. The number of thioether (sulfide) groups is 1. The molecule has 2 aromatic heterocycles. The number of nitrogens with zero attached hydrogens (tertiary/aromatic N) is 2. The smallest absolute Gasteiger partial charge is 0.139 e. The molecule has 0 aliphatic rings. The van der Waals surface area contributed by atoms with Crippen LogP contribution in [0.4, 0.5) is 5.82 Å². The van der Waals surface area contributed by atoms with Gasteiger partial charge in [-0.15, -0.1) is 11.3 Å². The minimum Gasteiger partial charge on any atom is -0.548 e. The van der Waals surface area contributed by atoms with Crippen molar-refractivity contribution in [2.24, 2.45) is 0 Å². The molecule has 21 heavy (non-hydrogen) atoms. The first-order chi connectivity index (χ1) is 10.0. The molecule has 2 rings (SSSR count). The fourth-order valence-electron chi connectivity index (χ4n) is 2.01. The number of hydrogen-bond donors (Lipinski definition) is 1. The van der Waals surface area contributed by atoms with E-state index in [4.69, 9.17) is 0 Å². The first-order valence-electron chi connectivity index (χ1n) is 6.78. The highest BCUT2D eigenvalue weighted by atomic mass is 32.2. The van der Waals surface area contributed by atoms with Crippen molar-refractivity contribution in [1.29, 1.82) is 0 Å². The first kappa shape index (κ1) is 16.0. The monoisotopic (exact) mass is 324 g/mol. The van der Waals surface area contributed by atoms with Gasteiger partial charge in [0.25, 0.3) is 0 Å². The zero-order valence-corrected chi connectivity index (χ0v) is 13.9. The fraction of sp³-hybridized carbons (Fsp3) is 0.500. The number of carboxylic acid groups (broad SMARTS) is 1.